The van der Waals surface area contributed by atoms with Crippen molar-refractivity contribution in [3.05, 3.63) is 47.3 Å². The first-order valence-corrected chi connectivity index (χ1v) is 6.32. The highest BCUT2D eigenvalue weighted by molar-refractivity contribution is 5.98. The summed E-state index contributed by atoms with van der Waals surface area (Å²) >= 11 is 0. The fourth-order valence-corrected chi connectivity index (χ4v) is 2.36. The van der Waals surface area contributed by atoms with Crippen molar-refractivity contribution in [3.8, 4) is 17.5 Å². The Balaban J connectivity index is 2.52. The highest BCUT2D eigenvalue weighted by Crippen LogP contribution is 2.24. The van der Waals surface area contributed by atoms with E-state index in [1.165, 1.54) is 0 Å². The minimum atomic E-state index is -0.144. The first kappa shape index (κ1) is 13.9. The largest absolute Gasteiger partial charge is 0.497 e. The lowest BCUT2D eigenvalue weighted by atomic mass is 10.1. The van der Waals surface area contributed by atoms with Crippen LogP contribution in [-0.4, -0.2) is 17.5 Å². The molecule has 20 heavy (non-hydrogen) atoms. The molecule has 1 heterocycles. The number of ether oxygens (including phenoxy) is 1. The molecule has 0 radical (unpaired) electrons. The Morgan fingerprint density at radius 3 is 2.75 bits per heavy atom. The molecule has 4 heteroatoms. The van der Waals surface area contributed by atoms with Crippen LogP contribution in [0.1, 0.15) is 28.2 Å². The maximum absolute atomic E-state index is 11.9. The van der Waals surface area contributed by atoms with Crippen LogP contribution < -0.4 is 4.74 Å². The molecule has 0 bridgehead atoms. The summed E-state index contributed by atoms with van der Waals surface area (Å²) in [6.45, 7) is 3.83. The molecule has 0 aliphatic heterocycles. The molecule has 0 aliphatic rings. The maximum atomic E-state index is 11.9. The number of Topliss-reactive ketones (excluding diaryl/α,β-unsaturated/α-hetero) is 1. The van der Waals surface area contributed by atoms with Gasteiger partial charge in [-0.15, -0.1) is 0 Å². The van der Waals surface area contributed by atoms with Gasteiger partial charge in [0.2, 0.25) is 0 Å². The molecule has 0 spiro atoms. The number of aryl methyl sites for hydroxylation is 1. The third kappa shape index (κ3) is 2.43. The topological polar surface area (TPSA) is 55.0 Å². The predicted octanol–water partition coefficient (Wildman–Crippen LogP) is 3.20. The number of carbonyl (C=O) groups is 1. The molecule has 2 rings (SSSR count). The second-order valence-electron chi connectivity index (χ2n) is 4.58. The molecule has 2 aromatic rings. The molecule has 4 nitrogen and oxygen atoms in total. The number of nitrogens with zero attached hydrogens (tertiary/aromatic N) is 2. The van der Waals surface area contributed by atoms with Crippen LogP contribution in [0.15, 0.2) is 30.3 Å². The Kier molecular flexibility index (Phi) is 3.90. The summed E-state index contributed by atoms with van der Waals surface area (Å²) in [6, 6.07) is 11.4. The molecule has 0 saturated carbocycles. The zero-order valence-electron chi connectivity index (χ0n) is 11.8. The van der Waals surface area contributed by atoms with Crippen LogP contribution in [0.25, 0.3) is 5.69 Å². The monoisotopic (exact) mass is 268 g/mol. The fraction of sp³-hybridized carbons (Fsp3) is 0.250. The molecular formula is C16H16N2O2. The van der Waals surface area contributed by atoms with Gasteiger partial charge in [0, 0.05) is 28.7 Å². The molecule has 0 aliphatic carbocycles. The molecule has 0 amide bonds. The Bertz CT molecular complexity index is 693. The van der Waals surface area contributed by atoms with Gasteiger partial charge in [-0.1, -0.05) is 6.07 Å². The lowest BCUT2D eigenvalue weighted by molar-refractivity contribution is 0.0997. The van der Waals surface area contributed by atoms with Crippen LogP contribution in [0.2, 0.25) is 0 Å². The number of rotatable bonds is 4. The number of carbonyl (C=O) groups excluding carboxylic acids is 1. The highest BCUT2D eigenvalue weighted by atomic mass is 16.5. The van der Waals surface area contributed by atoms with E-state index in [2.05, 4.69) is 0 Å². The van der Waals surface area contributed by atoms with Crippen LogP contribution in [0.3, 0.4) is 0 Å². The van der Waals surface area contributed by atoms with E-state index in [0.29, 0.717) is 5.56 Å². The normalized spacial score (nSPS) is 10.1. The number of ketones is 1. The molecule has 0 fully saturated rings. The highest BCUT2D eigenvalue weighted by Gasteiger charge is 2.16. The Labute approximate surface area is 118 Å². The number of benzene rings is 1. The summed E-state index contributed by atoms with van der Waals surface area (Å²) in [5.74, 6) is 0.620. The zero-order valence-corrected chi connectivity index (χ0v) is 11.8. The predicted molar refractivity (Wildman–Crippen MR) is 76.4 cm³/mol. The number of aromatic nitrogens is 1. The van der Waals surface area contributed by atoms with Gasteiger partial charge >= 0.3 is 0 Å². The summed E-state index contributed by atoms with van der Waals surface area (Å²) in [5, 5.41) is 8.66. The minimum Gasteiger partial charge on any atom is -0.497 e. The molecular weight excluding hydrogens is 252 g/mol. The Morgan fingerprint density at radius 2 is 2.10 bits per heavy atom. The Morgan fingerprint density at radius 1 is 1.35 bits per heavy atom. The van der Waals surface area contributed by atoms with Gasteiger partial charge in [-0.2, -0.15) is 5.26 Å². The molecule has 102 valence electrons. The average Bonchev–Trinajstić information content (AvgIpc) is 2.74. The van der Waals surface area contributed by atoms with E-state index in [1.54, 1.807) is 7.11 Å². The Hall–Kier alpha value is -2.54. The van der Waals surface area contributed by atoms with Gasteiger partial charge in [0.05, 0.1) is 19.6 Å². The van der Waals surface area contributed by atoms with Gasteiger partial charge in [0.1, 0.15) is 5.75 Å². The summed E-state index contributed by atoms with van der Waals surface area (Å²) in [7, 11) is 1.62. The second-order valence-corrected chi connectivity index (χ2v) is 4.58. The maximum Gasteiger partial charge on any atom is 0.178 e. The number of hydrogen-bond acceptors (Lipinski definition) is 3. The van der Waals surface area contributed by atoms with Crippen molar-refractivity contribution in [1.82, 2.24) is 4.57 Å². The quantitative estimate of drug-likeness (QED) is 0.800. The van der Waals surface area contributed by atoms with E-state index in [4.69, 9.17) is 10.00 Å². The van der Waals surface area contributed by atoms with Crippen molar-refractivity contribution < 1.29 is 9.53 Å². The molecule has 1 aromatic heterocycles. The van der Waals surface area contributed by atoms with Crippen molar-refractivity contribution in [3.63, 3.8) is 0 Å². The van der Waals surface area contributed by atoms with Crippen LogP contribution in [-0.2, 0) is 0 Å². The van der Waals surface area contributed by atoms with E-state index in [-0.39, 0.29) is 12.2 Å². The molecule has 0 N–H and O–H groups in total. The van der Waals surface area contributed by atoms with E-state index < -0.39 is 0 Å². The lowest BCUT2D eigenvalue weighted by Crippen LogP contribution is -2.03. The van der Waals surface area contributed by atoms with E-state index >= 15 is 0 Å². The van der Waals surface area contributed by atoms with Gasteiger partial charge in [0.25, 0.3) is 0 Å². The summed E-state index contributed by atoms with van der Waals surface area (Å²) in [6.07, 6.45) is -0.0948. The second kappa shape index (κ2) is 5.62. The van der Waals surface area contributed by atoms with Crippen LogP contribution in [0.4, 0.5) is 0 Å². The summed E-state index contributed by atoms with van der Waals surface area (Å²) < 4.78 is 7.22. The third-order valence-corrected chi connectivity index (χ3v) is 3.28. The van der Waals surface area contributed by atoms with Gasteiger partial charge in [-0.25, -0.2) is 0 Å². The van der Waals surface area contributed by atoms with Crippen molar-refractivity contribution in [2.75, 3.05) is 7.11 Å². The van der Waals surface area contributed by atoms with Gasteiger partial charge in [-0.05, 0) is 32.0 Å². The number of hydrogen-bond donors (Lipinski definition) is 0. The number of nitriles is 1. The first-order chi connectivity index (χ1) is 9.58. The van der Waals surface area contributed by atoms with Crippen molar-refractivity contribution in [2.45, 2.75) is 20.3 Å². The summed E-state index contributed by atoms with van der Waals surface area (Å²) in [4.78, 5) is 11.9. The van der Waals surface area contributed by atoms with Crippen molar-refractivity contribution in [1.29, 1.82) is 5.26 Å². The van der Waals surface area contributed by atoms with Crippen molar-refractivity contribution >= 4 is 5.78 Å². The lowest BCUT2D eigenvalue weighted by Gasteiger charge is -2.11. The van der Waals surface area contributed by atoms with E-state index in [9.17, 15) is 4.79 Å². The third-order valence-electron chi connectivity index (χ3n) is 3.28. The minimum absolute atomic E-state index is 0.0948. The van der Waals surface area contributed by atoms with E-state index in [1.807, 2.05) is 54.8 Å². The first-order valence-electron chi connectivity index (χ1n) is 6.32. The smallest absolute Gasteiger partial charge is 0.178 e. The SMILES string of the molecule is COc1cccc(-n2c(C)cc(C(=O)CC#N)c2C)c1. The van der Waals surface area contributed by atoms with Crippen LogP contribution >= 0.6 is 0 Å². The summed E-state index contributed by atoms with van der Waals surface area (Å²) in [5.41, 5.74) is 3.34. The van der Waals surface area contributed by atoms with Crippen molar-refractivity contribution in [2.24, 2.45) is 0 Å². The number of methoxy groups -OCH3 is 1. The van der Waals surface area contributed by atoms with Gasteiger partial charge in [0.15, 0.2) is 5.78 Å². The molecule has 0 atom stereocenters. The zero-order chi connectivity index (χ0) is 14.7. The van der Waals surface area contributed by atoms with E-state index in [0.717, 1.165) is 22.8 Å². The average molecular weight is 268 g/mol. The fourth-order valence-electron chi connectivity index (χ4n) is 2.36. The molecule has 0 unspecified atom stereocenters. The standard InChI is InChI=1S/C16H16N2O2/c1-11-9-15(16(19)7-8-17)12(2)18(11)13-5-4-6-14(10-13)20-3/h4-6,9-10H,7H2,1-3H3. The molecule has 0 saturated heterocycles. The molecule has 1 aromatic carbocycles. The van der Waals surface area contributed by atoms with Crippen LogP contribution in [0.5, 0.6) is 5.75 Å². The van der Waals surface area contributed by atoms with Gasteiger partial charge in [-0.3, -0.25) is 4.79 Å². The van der Waals surface area contributed by atoms with Gasteiger partial charge < -0.3 is 9.30 Å². The van der Waals surface area contributed by atoms with Crippen LogP contribution in [0, 0.1) is 25.2 Å².